The number of rotatable bonds is 5. The number of nitrogens with zero attached hydrogens (tertiary/aromatic N) is 3. The Hall–Kier alpha value is -3.33. The Morgan fingerprint density at radius 3 is 2.87 bits per heavy atom. The van der Waals surface area contributed by atoms with Crippen molar-refractivity contribution in [2.45, 2.75) is 44.3 Å². The number of imide groups is 1. The van der Waals surface area contributed by atoms with Crippen molar-refractivity contribution in [3.63, 3.8) is 0 Å². The lowest BCUT2D eigenvalue weighted by atomic mass is 10.0. The van der Waals surface area contributed by atoms with Gasteiger partial charge < -0.3 is 15.5 Å². The van der Waals surface area contributed by atoms with Crippen LogP contribution < -0.4 is 16.0 Å². The van der Waals surface area contributed by atoms with Crippen LogP contribution in [-0.2, 0) is 22.7 Å². The first-order chi connectivity index (χ1) is 15.1. The molecular weight excluding hydrogens is 396 g/mol. The van der Waals surface area contributed by atoms with Crippen LogP contribution in [0.4, 0.5) is 5.95 Å². The van der Waals surface area contributed by atoms with Gasteiger partial charge >= 0.3 is 0 Å². The molecule has 2 fully saturated rings. The van der Waals surface area contributed by atoms with E-state index in [0.717, 1.165) is 36.3 Å². The number of carbonyl (C=O) groups is 3. The molecule has 3 aliphatic heterocycles. The first-order valence-corrected chi connectivity index (χ1v) is 10.6. The van der Waals surface area contributed by atoms with Crippen LogP contribution in [0, 0.1) is 0 Å². The Morgan fingerprint density at radius 2 is 2.06 bits per heavy atom. The molecule has 2 saturated heterocycles. The first kappa shape index (κ1) is 19.6. The van der Waals surface area contributed by atoms with Crippen LogP contribution in [-0.4, -0.2) is 51.7 Å². The summed E-state index contributed by atoms with van der Waals surface area (Å²) in [5.41, 5.74) is 3.55. The predicted octanol–water partition coefficient (Wildman–Crippen LogP) is 0.927. The summed E-state index contributed by atoms with van der Waals surface area (Å²) in [5, 5.41) is 8.95. The molecule has 4 heterocycles. The van der Waals surface area contributed by atoms with Crippen molar-refractivity contribution in [2.75, 3.05) is 18.4 Å². The van der Waals surface area contributed by atoms with Crippen LogP contribution in [0.2, 0.25) is 0 Å². The zero-order valence-electron chi connectivity index (χ0n) is 17.1. The Labute approximate surface area is 179 Å². The molecule has 0 bridgehead atoms. The Morgan fingerprint density at radius 1 is 1.16 bits per heavy atom. The van der Waals surface area contributed by atoms with Crippen LogP contribution >= 0.6 is 0 Å². The molecule has 3 amide bonds. The molecule has 3 aliphatic rings. The molecule has 2 atom stereocenters. The van der Waals surface area contributed by atoms with Gasteiger partial charge in [-0.05, 0) is 42.6 Å². The van der Waals surface area contributed by atoms with Gasteiger partial charge in [-0.25, -0.2) is 9.97 Å². The van der Waals surface area contributed by atoms with E-state index in [9.17, 15) is 14.4 Å². The Balaban J connectivity index is 1.26. The monoisotopic (exact) mass is 420 g/mol. The number of nitrogens with one attached hydrogen (secondary N) is 3. The van der Waals surface area contributed by atoms with Gasteiger partial charge in [0.2, 0.25) is 17.8 Å². The van der Waals surface area contributed by atoms with E-state index >= 15 is 0 Å². The van der Waals surface area contributed by atoms with Gasteiger partial charge in [-0.2, -0.15) is 0 Å². The van der Waals surface area contributed by atoms with Gasteiger partial charge in [0.1, 0.15) is 6.04 Å². The summed E-state index contributed by atoms with van der Waals surface area (Å²) in [6.45, 7) is 2.86. The average Bonchev–Trinajstić information content (AvgIpc) is 3.41. The highest BCUT2D eigenvalue weighted by atomic mass is 16.2. The highest BCUT2D eigenvalue weighted by Crippen LogP contribution is 2.28. The highest BCUT2D eigenvalue weighted by molar-refractivity contribution is 6.05. The molecule has 2 aromatic rings. The van der Waals surface area contributed by atoms with Crippen LogP contribution in [0.5, 0.6) is 0 Å². The molecule has 2 unspecified atom stereocenters. The van der Waals surface area contributed by atoms with Crippen molar-refractivity contribution in [3.8, 4) is 0 Å². The van der Waals surface area contributed by atoms with Crippen LogP contribution in [0.25, 0.3) is 0 Å². The molecule has 160 valence electrons. The number of carbonyl (C=O) groups excluding carboxylic acids is 3. The molecule has 0 saturated carbocycles. The lowest BCUT2D eigenvalue weighted by Gasteiger charge is -2.29. The van der Waals surface area contributed by atoms with Crippen LogP contribution in [0.15, 0.2) is 30.5 Å². The smallest absolute Gasteiger partial charge is 0.255 e. The Kier molecular flexibility index (Phi) is 5.11. The standard InChI is InChI=1S/C22H24N6O3/c29-19-4-3-18(20(30)27-19)28-12-15-9-13(1-2-16(15)21(28)31)10-25-22-24-8-6-17(26-22)14-5-7-23-11-14/h1-2,6,8-9,14,18,23H,3-5,7,10-12H2,(H,24,25,26)(H,27,29,30). The third kappa shape index (κ3) is 3.88. The highest BCUT2D eigenvalue weighted by Gasteiger charge is 2.39. The number of hydrogen-bond acceptors (Lipinski definition) is 7. The fraction of sp³-hybridized carbons (Fsp3) is 0.409. The van der Waals surface area contributed by atoms with Gasteiger partial charge in [0.15, 0.2) is 0 Å². The molecule has 0 aliphatic carbocycles. The minimum absolute atomic E-state index is 0.162. The second kappa shape index (κ2) is 8.07. The van der Waals surface area contributed by atoms with E-state index in [-0.39, 0.29) is 18.2 Å². The molecule has 9 nitrogen and oxygen atoms in total. The molecule has 0 spiro atoms. The summed E-state index contributed by atoms with van der Waals surface area (Å²) in [7, 11) is 0. The van der Waals surface area contributed by atoms with E-state index in [1.54, 1.807) is 11.1 Å². The molecule has 5 rings (SSSR count). The van der Waals surface area contributed by atoms with Crippen molar-refractivity contribution in [2.24, 2.45) is 0 Å². The predicted molar refractivity (Wildman–Crippen MR) is 112 cm³/mol. The van der Waals surface area contributed by atoms with Gasteiger partial charge in [0.25, 0.3) is 5.91 Å². The van der Waals surface area contributed by atoms with Crippen molar-refractivity contribution >= 4 is 23.7 Å². The van der Waals surface area contributed by atoms with Crippen molar-refractivity contribution in [1.82, 2.24) is 25.5 Å². The fourth-order valence-corrected chi connectivity index (χ4v) is 4.51. The number of piperidine rings is 1. The molecule has 1 aromatic heterocycles. The third-order valence-corrected chi connectivity index (χ3v) is 6.19. The number of fused-ring (bicyclic) bond motifs is 1. The quantitative estimate of drug-likeness (QED) is 0.616. The largest absolute Gasteiger partial charge is 0.350 e. The van der Waals surface area contributed by atoms with Gasteiger partial charge in [-0.1, -0.05) is 12.1 Å². The summed E-state index contributed by atoms with van der Waals surface area (Å²) >= 11 is 0. The average molecular weight is 420 g/mol. The minimum atomic E-state index is -0.597. The number of hydrogen-bond donors (Lipinski definition) is 3. The lowest BCUT2D eigenvalue weighted by molar-refractivity contribution is -0.136. The van der Waals surface area contributed by atoms with Crippen molar-refractivity contribution in [3.05, 3.63) is 52.8 Å². The van der Waals surface area contributed by atoms with Crippen LogP contribution in [0.1, 0.15) is 52.4 Å². The lowest BCUT2D eigenvalue weighted by Crippen LogP contribution is -2.52. The van der Waals surface area contributed by atoms with Crippen molar-refractivity contribution in [1.29, 1.82) is 0 Å². The van der Waals surface area contributed by atoms with E-state index < -0.39 is 11.9 Å². The maximum absolute atomic E-state index is 12.8. The summed E-state index contributed by atoms with van der Waals surface area (Å²) in [4.78, 5) is 46.9. The normalized spacial score (nSPS) is 23.1. The number of anilines is 1. The second-order valence-corrected chi connectivity index (χ2v) is 8.24. The summed E-state index contributed by atoms with van der Waals surface area (Å²) in [5.74, 6) is 0.173. The van der Waals surface area contributed by atoms with E-state index in [4.69, 9.17) is 0 Å². The van der Waals surface area contributed by atoms with E-state index in [0.29, 0.717) is 36.9 Å². The zero-order valence-corrected chi connectivity index (χ0v) is 17.1. The number of aromatic nitrogens is 2. The summed E-state index contributed by atoms with van der Waals surface area (Å²) < 4.78 is 0. The minimum Gasteiger partial charge on any atom is -0.350 e. The maximum Gasteiger partial charge on any atom is 0.255 e. The molecule has 3 N–H and O–H groups in total. The Bertz CT molecular complexity index is 1050. The zero-order chi connectivity index (χ0) is 21.4. The van der Waals surface area contributed by atoms with Gasteiger partial charge in [-0.15, -0.1) is 0 Å². The third-order valence-electron chi connectivity index (χ3n) is 6.19. The molecule has 0 radical (unpaired) electrons. The van der Waals surface area contributed by atoms with E-state index in [1.807, 2.05) is 24.3 Å². The molecule has 1 aromatic carbocycles. The topological polar surface area (TPSA) is 116 Å². The van der Waals surface area contributed by atoms with Gasteiger partial charge in [-0.3, -0.25) is 19.7 Å². The second-order valence-electron chi connectivity index (χ2n) is 8.24. The van der Waals surface area contributed by atoms with E-state index in [1.165, 1.54) is 0 Å². The van der Waals surface area contributed by atoms with Gasteiger partial charge in [0, 0.05) is 43.7 Å². The summed E-state index contributed by atoms with van der Waals surface area (Å²) in [6, 6.07) is 7.06. The molecular formula is C22H24N6O3. The number of benzene rings is 1. The summed E-state index contributed by atoms with van der Waals surface area (Å²) in [6.07, 6.45) is 3.48. The van der Waals surface area contributed by atoms with Gasteiger partial charge in [0.05, 0.1) is 5.69 Å². The maximum atomic E-state index is 12.8. The SMILES string of the molecule is O=C1CCC(N2Cc3cc(CNc4nccc(C5CCNC5)n4)ccc3C2=O)C(=O)N1. The molecule has 9 heteroatoms. The van der Waals surface area contributed by atoms with Crippen molar-refractivity contribution < 1.29 is 14.4 Å². The van der Waals surface area contributed by atoms with Crippen LogP contribution in [0.3, 0.4) is 0 Å². The van der Waals surface area contributed by atoms with E-state index in [2.05, 4.69) is 25.9 Å². The fourth-order valence-electron chi connectivity index (χ4n) is 4.51. The molecule has 31 heavy (non-hydrogen) atoms. The number of amides is 3. The first-order valence-electron chi connectivity index (χ1n) is 10.6.